The van der Waals surface area contributed by atoms with Gasteiger partial charge >= 0.3 is 0 Å². The van der Waals surface area contributed by atoms with Crippen molar-refractivity contribution in [3.8, 4) is 5.75 Å². The van der Waals surface area contributed by atoms with Gasteiger partial charge in [0, 0.05) is 0 Å². The number of ether oxygens (including phenoxy) is 1. The molecule has 2 rings (SSSR count). The molecule has 0 aliphatic carbocycles. The van der Waals surface area contributed by atoms with Gasteiger partial charge in [0.2, 0.25) is 0 Å². The Morgan fingerprint density at radius 1 is 1.17 bits per heavy atom. The number of hydrogen-bond donors (Lipinski definition) is 1. The molecular formula is C16H25NO. The molecule has 0 aromatic heterocycles. The minimum absolute atomic E-state index is 0.133. The van der Waals surface area contributed by atoms with Gasteiger partial charge in [0.15, 0.2) is 0 Å². The molecule has 1 aromatic rings. The van der Waals surface area contributed by atoms with Gasteiger partial charge in [0.1, 0.15) is 5.75 Å². The largest absolute Gasteiger partial charge is 0.496 e. The second kappa shape index (κ2) is 5.31. The third kappa shape index (κ3) is 2.86. The van der Waals surface area contributed by atoms with Crippen LogP contribution in [0.4, 0.5) is 0 Å². The Morgan fingerprint density at radius 3 is 2.39 bits per heavy atom. The van der Waals surface area contributed by atoms with E-state index in [1.165, 1.54) is 24.0 Å². The topological polar surface area (TPSA) is 21.3 Å². The summed E-state index contributed by atoms with van der Waals surface area (Å²) in [6.07, 6.45) is 2.49. The van der Waals surface area contributed by atoms with Crippen molar-refractivity contribution < 1.29 is 4.74 Å². The lowest BCUT2D eigenvalue weighted by Gasteiger charge is -2.27. The van der Waals surface area contributed by atoms with Gasteiger partial charge in [-0.25, -0.2) is 0 Å². The van der Waals surface area contributed by atoms with Crippen LogP contribution < -0.4 is 10.1 Å². The third-order valence-corrected chi connectivity index (χ3v) is 3.84. The molecule has 2 heteroatoms. The number of piperidine rings is 1. The van der Waals surface area contributed by atoms with E-state index in [1.54, 1.807) is 7.11 Å². The second-order valence-electron chi connectivity index (χ2n) is 6.23. The van der Waals surface area contributed by atoms with Crippen LogP contribution in [0.5, 0.6) is 5.75 Å². The minimum atomic E-state index is 0.133. The van der Waals surface area contributed by atoms with Crippen LogP contribution in [-0.2, 0) is 5.41 Å². The van der Waals surface area contributed by atoms with Crippen LogP contribution in [0.15, 0.2) is 18.2 Å². The van der Waals surface area contributed by atoms with Gasteiger partial charge in [-0.2, -0.15) is 0 Å². The summed E-state index contributed by atoms with van der Waals surface area (Å²) in [5, 5.41) is 3.43. The Kier molecular flexibility index (Phi) is 3.96. The van der Waals surface area contributed by atoms with Gasteiger partial charge in [-0.05, 0) is 54.5 Å². The summed E-state index contributed by atoms with van der Waals surface area (Å²) < 4.78 is 5.50. The van der Waals surface area contributed by atoms with Gasteiger partial charge in [0.05, 0.1) is 7.11 Å². The van der Waals surface area contributed by atoms with Gasteiger partial charge < -0.3 is 10.1 Å². The third-order valence-electron chi connectivity index (χ3n) is 3.84. The van der Waals surface area contributed by atoms with Crippen molar-refractivity contribution in [2.45, 2.75) is 44.9 Å². The molecule has 0 unspecified atom stereocenters. The molecule has 0 atom stereocenters. The van der Waals surface area contributed by atoms with Crippen LogP contribution in [0.3, 0.4) is 0 Å². The fourth-order valence-electron chi connectivity index (χ4n) is 2.72. The fraction of sp³-hybridized carbons (Fsp3) is 0.625. The van der Waals surface area contributed by atoms with Crippen molar-refractivity contribution in [2.24, 2.45) is 0 Å². The first-order chi connectivity index (χ1) is 8.52. The molecule has 1 aliphatic rings. The summed E-state index contributed by atoms with van der Waals surface area (Å²) in [5.74, 6) is 1.72. The molecule has 0 saturated carbocycles. The maximum atomic E-state index is 5.50. The lowest BCUT2D eigenvalue weighted by molar-refractivity contribution is 0.396. The van der Waals surface area contributed by atoms with Gasteiger partial charge in [-0.3, -0.25) is 0 Å². The predicted molar refractivity (Wildman–Crippen MR) is 76.5 cm³/mol. The van der Waals surface area contributed by atoms with Gasteiger partial charge in [-0.15, -0.1) is 0 Å². The first-order valence-electron chi connectivity index (χ1n) is 6.91. The zero-order valence-corrected chi connectivity index (χ0v) is 12.0. The molecule has 1 aromatic carbocycles. The zero-order chi connectivity index (χ0) is 13.2. The van der Waals surface area contributed by atoms with E-state index >= 15 is 0 Å². The van der Waals surface area contributed by atoms with Crippen LogP contribution in [0, 0.1) is 0 Å². The first kappa shape index (κ1) is 13.4. The normalized spacial score (nSPS) is 17.8. The fourth-order valence-corrected chi connectivity index (χ4v) is 2.72. The number of hydrogen-bond acceptors (Lipinski definition) is 2. The van der Waals surface area contributed by atoms with Crippen molar-refractivity contribution in [3.05, 3.63) is 29.3 Å². The monoisotopic (exact) mass is 247 g/mol. The van der Waals surface area contributed by atoms with Gasteiger partial charge in [0.25, 0.3) is 0 Å². The SMILES string of the molecule is COc1ccc(C2CCNCC2)cc1C(C)(C)C. The lowest BCUT2D eigenvalue weighted by atomic mass is 9.82. The molecule has 1 saturated heterocycles. The summed E-state index contributed by atoms with van der Waals surface area (Å²) in [4.78, 5) is 0. The molecule has 2 nitrogen and oxygen atoms in total. The maximum absolute atomic E-state index is 5.50. The van der Waals surface area contributed by atoms with E-state index in [0.717, 1.165) is 18.8 Å². The van der Waals surface area contributed by atoms with Crippen LogP contribution in [0.1, 0.15) is 50.7 Å². The smallest absolute Gasteiger partial charge is 0.122 e. The van der Waals surface area contributed by atoms with Crippen LogP contribution in [-0.4, -0.2) is 20.2 Å². The van der Waals surface area contributed by atoms with E-state index < -0.39 is 0 Å². The Morgan fingerprint density at radius 2 is 1.83 bits per heavy atom. The number of nitrogens with one attached hydrogen (secondary N) is 1. The van der Waals surface area contributed by atoms with Crippen molar-refractivity contribution in [1.29, 1.82) is 0 Å². The van der Waals surface area contributed by atoms with Crippen LogP contribution >= 0.6 is 0 Å². The molecular weight excluding hydrogens is 222 g/mol. The van der Waals surface area contributed by atoms with Crippen LogP contribution in [0.2, 0.25) is 0 Å². The summed E-state index contributed by atoms with van der Waals surface area (Å²) in [6.45, 7) is 9.02. The van der Waals surface area contributed by atoms with Crippen molar-refractivity contribution in [3.63, 3.8) is 0 Å². The Labute approximate surface area is 111 Å². The number of benzene rings is 1. The highest BCUT2D eigenvalue weighted by Gasteiger charge is 2.22. The summed E-state index contributed by atoms with van der Waals surface area (Å²) >= 11 is 0. The predicted octanol–water partition coefficient (Wildman–Crippen LogP) is 3.46. The van der Waals surface area contributed by atoms with Crippen molar-refractivity contribution >= 4 is 0 Å². The van der Waals surface area contributed by atoms with Gasteiger partial charge in [-0.1, -0.05) is 32.9 Å². The quantitative estimate of drug-likeness (QED) is 0.864. The molecule has 1 aliphatic heterocycles. The summed E-state index contributed by atoms with van der Waals surface area (Å²) in [5.41, 5.74) is 2.93. The summed E-state index contributed by atoms with van der Waals surface area (Å²) in [6, 6.07) is 6.73. The Hall–Kier alpha value is -1.02. The van der Waals surface area contributed by atoms with E-state index in [9.17, 15) is 0 Å². The molecule has 0 bridgehead atoms. The van der Waals surface area contributed by atoms with E-state index in [4.69, 9.17) is 4.74 Å². The van der Waals surface area contributed by atoms with Crippen LogP contribution in [0.25, 0.3) is 0 Å². The maximum Gasteiger partial charge on any atom is 0.122 e. The van der Waals surface area contributed by atoms with Crippen molar-refractivity contribution in [2.75, 3.05) is 20.2 Å². The van der Waals surface area contributed by atoms with E-state index in [-0.39, 0.29) is 5.41 Å². The minimum Gasteiger partial charge on any atom is -0.496 e. The molecule has 1 heterocycles. The summed E-state index contributed by atoms with van der Waals surface area (Å²) in [7, 11) is 1.76. The molecule has 18 heavy (non-hydrogen) atoms. The lowest BCUT2D eigenvalue weighted by Crippen LogP contribution is -2.26. The number of rotatable bonds is 2. The first-order valence-corrected chi connectivity index (χ1v) is 6.91. The zero-order valence-electron chi connectivity index (χ0n) is 12.0. The van der Waals surface area contributed by atoms with E-state index in [2.05, 4.69) is 44.3 Å². The molecule has 1 N–H and O–H groups in total. The molecule has 0 spiro atoms. The second-order valence-corrected chi connectivity index (χ2v) is 6.23. The standard InChI is InChI=1S/C16H25NO/c1-16(2,3)14-11-13(5-6-15(14)18-4)12-7-9-17-10-8-12/h5-6,11-12,17H,7-10H2,1-4H3. The molecule has 0 radical (unpaired) electrons. The van der Waals surface area contributed by atoms with E-state index in [0.29, 0.717) is 5.92 Å². The molecule has 100 valence electrons. The Balaban J connectivity index is 2.33. The number of methoxy groups -OCH3 is 1. The van der Waals surface area contributed by atoms with Crippen molar-refractivity contribution in [1.82, 2.24) is 5.32 Å². The average molecular weight is 247 g/mol. The molecule has 0 amide bonds. The highest BCUT2D eigenvalue weighted by Crippen LogP contribution is 2.35. The Bertz CT molecular complexity index is 400. The average Bonchev–Trinajstić information content (AvgIpc) is 2.38. The van der Waals surface area contributed by atoms with E-state index in [1.807, 2.05) is 0 Å². The molecule has 1 fully saturated rings. The highest BCUT2D eigenvalue weighted by atomic mass is 16.5. The highest BCUT2D eigenvalue weighted by molar-refractivity contribution is 5.42.